The molecule has 1 aromatic heterocycles. The lowest BCUT2D eigenvalue weighted by molar-refractivity contribution is -0.142. The van der Waals surface area contributed by atoms with Crippen LogP contribution in [-0.2, 0) is 15.9 Å². The molecule has 0 aliphatic carbocycles. The highest BCUT2D eigenvalue weighted by Gasteiger charge is 2.38. The number of carbonyl (C=O) groups is 1. The van der Waals surface area contributed by atoms with E-state index in [0.717, 1.165) is 25.3 Å². The van der Waals surface area contributed by atoms with E-state index in [2.05, 4.69) is 15.5 Å². The maximum absolute atomic E-state index is 14.7. The number of rotatable bonds is 7. The van der Waals surface area contributed by atoms with Crippen molar-refractivity contribution >= 4 is 21.3 Å². The zero-order valence-corrected chi connectivity index (χ0v) is 19.8. The van der Waals surface area contributed by atoms with Gasteiger partial charge in [0.25, 0.3) is 11.8 Å². The molecule has 1 atom stereocenters. The molecule has 0 saturated carbocycles. The number of benzene rings is 2. The fourth-order valence-electron chi connectivity index (χ4n) is 3.09. The van der Waals surface area contributed by atoms with Gasteiger partial charge in [0.2, 0.25) is 11.6 Å². The maximum Gasteiger partial charge on any atom is 0.435 e. The average molecular weight is 530 g/mol. The molecule has 2 aromatic carbocycles. The topological polar surface area (TPSA) is 114 Å². The summed E-state index contributed by atoms with van der Waals surface area (Å²) in [5.41, 5.74) is -3.04. The average Bonchev–Trinajstić information content (AvgIpc) is 2.77. The van der Waals surface area contributed by atoms with Crippen LogP contribution in [0.4, 0.5) is 27.6 Å². The summed E-state index contributed by atoms with van der Waals surface area (Å²) < 4.78 is 99.3. The van der Waals surface area contributed by atoms with Crippen LogP contribution in [0, 0.1) is 23.3 Å². The number of nitrogens with zero attached hydrogens (tertiary/aromatic N) is 2. The van der Waals surface area contributed by atoms with Gasteiger partial charge >= 0.3 is 6.18 Å². The SMILES string of the molecule is CCOc1ccc(F)c(Oc2nnc(C(F)(F)F)c(C)c2C(=O)Nc2cccc(S(C)(=N)=O)c2)c1F. The number of carbonyl (C=O) groups excluding carboxylic acids is 1. The summed E-state index contributed by atoms with van der Waals surface area (Å²) in [7, 11) is -3.17. The van der Waals surface area contributed by atoms with Crippen LogP contribution in [0.1, 0.15) is 28.5 Å². The van der Waals surface area contributed by atoms with E-state index in [-0.39, 0.29) is 17.2 Å². The molecule has 0 aliphatic heterocycles. The van der Waals surface area contributed by atoms with Crippen molar-refractivity contribution in [1.29, 1.82) is 4.78 Å². The molecule has 0 spiro atoms. The van der Waals surface area contributed by atoms with Crippen molar-refractivity contribution in [2.45, 2.75) is 24.9 Å². The van der Waals surface area contributed by atoms with E-state index in [4.69, 9.17) is 14.3 Å². The summed E-state index contributed by atoms with van der Waals surface area (Å²) in [6.07, 6.45) is -3.86. The molecule has 1 heterocycles. The second-order valence-electron chi connectivity index (χ2n) is 7.40. The van der Waals surface area contributed by atoms with Crippen LogP contribution in [0.25, 0.3) is 0 Å². The molecule has 36 heavy (non-hydrogen) atoms. The Labute approximate surface area is 202 Å². The molecule has 0 aliphatic rings. The van der Waals surface area contributed by atoms with Gasteiger partial charge in [-0.1, -0.05) is 6.07 Å². The predicted molar refractivity (Wildman–Crippen MR) is 119 cm³/mol. The molecule has 1 unspecified atom stereocenters. The summed E-state index contributed by atoms with van der Waals surface area (Å²) >= 11 is 0. The minimum absolute atomic E-state index is 0.00856. The van der Waals surface area contributed by atoms with Crippen LogP contribution < -0.4 is 14.8 Å². The van der Waals surface area contributed by atoms with E-state index in [9.17, 15) is 31.0 Å². The lowest BCUT2D eigenvalue weighted by Gasteiger charge is -2.17. The van der Waals surface area contributed by atoms with E-state index < -0.39 is 67.6 Å². The maximum atomic E-state index is 14.7. The third-order valence-electron chi connectivity index (χ3n) is 4.73. The summed E-state index contributed by atoms with van der Waals surface area (Å²) in [6.45, 7) is 2.49. The number of ether oxygens (including phenoxy) is 2. The lowest BCUT2D eigenvalue weighted by Crippen LogP contribution is -2.21. The van der Waals surface area contributed by atoms with Gasteiger partial charge in [-0.3, -0.25) is 4.79 Å². The Kier molecular flexibility index (Phi) is 7.48. The Morgan fingerprint density at radius 1 is 1.17 bits per heavy atom. The summed E-state index contributed by atoms with van der Waals surface area (Å²) in [4.78, 5) is 13.1. The van der Waals surface area contributed by atoms with Gasteiger partial charge in [0.1, 0.15) is 5.56 Å². The minimum Gasteiger partial charge on any atom is -0.491 e. The minimum atomic E-state index is -5.01. The highest BCUT2D eigenvalue weighted by atomic mass is 32.2. The second kappa shape index (κ2) is 10.0. The largest absolute Gasteiger partial charge is 0.491 e. The zero-order chi connectivity index (χ0) is 26.8. The Morgan fingerprint density at radius 3 is 2.47 bits per heavy atom. The van der Waals surface area contributed by atoms with E-state index in [1.807, 2.05) is 0 Å². The summed E-state index contributed by atoms with van der Waals surface area (Å²) in [5, 5.41) is 8.62. The van der Waals surface area contributed by atoms with Crippen LogP contribution >= 0.6 is 0 Å². The van der Waals surface area contributed by atoms with Gasteiger partial charge < -0.3 is 14.8 Å². The Balaban J connectivity index is 2.12. The molecule has 1 amide bonds. The molecule has 0 saturated heterocycles. The molecular weight excluding hydrogens is 511 g/mol. The van der Waals surface area contributed by atoms with Gasteiger partial charge in [-0.25, -0.2) is 13.4 Å². The number of nitrogens with one attached hydrogen (secondary N) is 2. The first kappa shape index (κ1) is 26.8. The van der Waals surface area contributed by atoms with Crippen LogP contribution in [0.15, 0.2) is 41.3 Å². The molecule has 14 heteroatoms. The second-order valence-corrected chi connectivity index (χ2v) is 9.56. The normalized spacial score (nSPS) is 13.1. The van der Waals surface area contributed by atoms with Gasteiger partial charge in [-0.15, -0.1) is 10.2 Å². The van der Waals surface area contributed by atoms with Crippen molar-refractivity contribution in [3.63, 3.8) is 0 Å². The molecule has 3 rings (SSSR count). The molecule has 2 N–H and O–H groups in total. The number of hydrogen-bond donors (Lipinski definition) is 2. The summed E-state index contributed by atoms with van der Waals surface area (Å²) in [6, 6.07) is 7.09. The molecule has 192 valence electrons. The van der Waals surface area contributed by atoms with E-state index >= 15 is 0 Å². The molecule has 0 fully saturated rings. The summed E-state index contributed by atoms with van der Waals surface area (Å²) in [5.74, 6) is -6.09. The fourth-order valence-corrected chi connectivity index (χ4v) is 3.78. The van der Waals surface area contributed by atoms with Crippen molar-refractivity contribution < 1.29 is 40.4 Å². The first-order chi connectivity index (χ1) is 16.7. The fraction of sp³-hybridized carbons (Fsp3) is 0.227. The first-order valence-electron chi connectivity index (χ1n) is 10.1. The highest BCUT2D eigenvalue weighted by Crippen LogP contribution is 2.37. The van der Waals surface area contributed by atoms with Crippen molar-refractivity contribution in [3.05, 3.63) is 64.9 Å². The Hall–Kier alpha value is -3.81. The van der Waals surface area contributed by atoms with E-state index in [1.54, 1.807) is 6.92 Å². The number of amides is 1. The Morgan fingerprint density at radius 2 is 1.86 bits per heavy atom. The molecule has 8 nitrogen and oxygen atoms in total. The molecule has 0 radical (unpaired) electrons. The van der Waals surface area contributed by atoms with Gasteiger partial charge in [-0.2, -0.15) is 17.6 Å². The third-order valence-corrected chi connectivity index (χ3v) is 5.89. The quantitative estimate of drug-likeness (QED) is 0.387. The third kappa shape index (κ3) is 5.70. The first-order valence-corrected chi connectivity index (χ1v) is 12.1. The number of hydrogen-bond acceptors (Lipinski definition) is 7. The monoisotopic (exact) mass is 530 g/mol. The molecule has 0 bridgehead atoms. The molecule has 3 aromatic rings. The van der Waals surface area contributed by atoms with E-state index in [0.29, 0.717) is 0 Å². The number of aromatic nitrogens is 2. The van der Waals surface area contributed by atoms with Crippen molar-refractivity contribution in [2.24, 2.45) is 0 Å². The number of anilines is 1. The van der Waals surface area contributed by atoms with Crippen LogP contribution in [0.3, 0.4) is 0 Å². The van der Waals surface area contributed by atoms with Gasteiger partial charge in [0.05, 0.1) is 16.3 Å². The predicted octanol–water partition coefficient (Wildman–Crippen LogP) is 5.56. The Bertz CT molecular complexity index is 1430. The van der Waals surface area contributed by atoms with Crippen molar-refractivity contribution in [2.75, 3.05) is 18.2 Å². The number of alkyl halides is 3. The van der Waals surface area contributed by atoms with Crippen molar-refractivity contribution in [1.82, 2.24) is 10.2 Å². The number of halogens is 5. The van der Waals surface area contributed by atoms with Gasteiger partial charge in [-0.05, 0) is 49.7 Å². The zero-order valence-electron chi connectivity index (χ0n) is 19.0. The van der Waals surface area contributed by atoms with Gasteiger partial charge in [0.15, 0.2) is 17.3 Å². The van der Waals surface area contributed by atoms with Crippen molar-refractivity contribution in [3.8, 4) is 17.4 Å². The van der Waals surface area contributed by atoms with Crippen LogP contribution in [0.5, 0.6) is 17.4 Å². The molecular formula is C22H19F5N4O4S. The van der Waals surface area contributed by atoms with Gasteiger partial charge in [0, 0.05) is 16.8 Å². The van der Waals surface area contributed by atoms with Crippen LogP contribution in [0.2, 0.25) is 0 Å². The lowest BCUT2D eigenvalue weighted by atomic mass is 10.1. The smallest absolute Gasteiger partial charge is 0.435 e. The van der Waals surface area contributed by atoms with Crippen LogP contribution in [-0.4, -0.2) is 33.2 Å². The van der Waals surface area contributed by atoms with E-state index in [1.165, 1.54) is 24.3 Å². The standard InChI is InChI=1S/C22H19F5N4O4S/c1-4-34-15-9-8-14(23)18(17(15)24)35-21-16(11(2)19(30-31-21)22(25,26)27)20(32)29-12-6-5-7-13(10-12)36(3,28)33/h5-10,28H,4H2,1-3H3,(H,29,32). The highest BCUT2D eigenvalue weighted by molar-refractivity contribution is 7.91.